The lowest BCUT2D eigenvalue weighted by molar-refractivity contribution is 0.486. The first-order valence-electron chi connectivity index (χ1n) is 7.82. The van der Waals surface area contributed by atoms with Gasteiger partial charge in [-0.2, -0.15) is 0 Å². The van der Waals surface area contributed by atoms with Gasteiger partial charge in [-0.25, -0.2) is 0 Å². The minimum Gasteiger partial charge on any atom is -0.302 e. The second-order valence-electron chi connectivity index (χ2n) is 6.20. The fraction of sp³-hybridized carbons (Fsp3) is 0.421. The molecule has 1 unspecified atom stereocenters. The van der Waals surface area contributed by atoms with Crippen molar-refractivity contribution in [3.8, 4) is 0 Å². The smallest absolute Gasteiger partial charge is 0.0570 e. The van der Waals surface area contributed by atoms with Crippen LogP contribution in [0.2, 0.25) is 0 Å². The van der Waals surface area contributed by atoms with Crippen molar-refractivity contribution in [2.75, 3.05) is 0 Å². The van der Waals surface area contributed by atoms with Gasteiger partial charge in [-0.05, 0) is 49.4 Å². The van der Waals surface area contributed by atoms with Crippen LogP contribution in [0.15, 0.2) is 48.7 Å². The highest BCUT2D eigenvalue weighted by Gasteiger charge is 2.11. The highest BCUT2D eigenvalue weighted by molar-refractivity contribution is 5.25. The topological polar surface area (TPSA) is 24.9 Å². The van der Waals surface area contributed by atoms with E-state index in [9.17, 15) is 0 Å². The Morgan fingerprint density at radius 3 is 2.19 bits per heavy atom. The van der Waals surface area contributed by atoms with E-state index in [1.165, 1.54) is 11.1 Å². The quantitative estimate of drug-likeness (QED) is 0.831. The van der Waals surface area contributed by atoms with Crippen LogP contribution in [-0.2, 0) is 6.42 Å². The SMILES string of the molecule is CC(C)Cc1ccc(C(C)N[C@H](C)c2ccccn2)cc1. The molecule has 0 fully saturated rings. The Morgan fingerprint density at radius 1 is 0.905 bits per heavy atom. The van der Waals surface area contributed by atoms with Crippen LogP contribution in [0.4, 0.5) is 0 Å². The average molecular weight is 282 g/mol. The molecule has 0 bridgehead atoms. The molecule has 0 saturated carbocycles. The molecule has 21 heavy (non-hydrogen) atoms. The van der Waals surface area contributed by atoms with Gasteiger partial charge in [0.15, 0.2) is 0 Å². The van der Waals surface area contributed by atoms with Gasteiger partial charge in [-0.1, -0.05) is 44.2 Å². The molecule has 1 heterocycles. The zero-order valence-electron chi connectivity index (χ0n) is 13.5. The summed E-state index contributed by atoms with van der Waals surface area (Å²) in [6.45, 7) is 8.88. The largest absolute Gasteiger partial charge is 0.302 e. The van der Waals surface area contributed by atoms with E-state index in [0.29, 0.717) is 12.0 Å². The average Bonchev–Trinajstić information content (AvgIpc) is 2.48. The summed E-state index contributed by atoms with van der Waals surface area (Å²) in [6.07, 6.45) is 2.99. The van der Waals surface area contributed by atoms with Crippen LogP contribution >= 0.6 is 0 Å². The number of hydrogen-bond donors (Lipinski definition) is 1. The molecule has 0 aliphatic carbocycles. The number of hydrogen-bond acceptors (Lipinski definition) is 2. The van der Waals surface area contributed by atoms with Crippen molar-refractivity contribution in [2.24, 2.45) is 5.92 Å². The monoisotopic (exact) mass is 282 g/mol. The zero-order valence-corrected chi connectivity index (χ0v) is 13.5. The van der Waals surface area contributed by atoms with Crippen molar-refractivity contribution in [2.45, 2.75) is 46.2 Å². The van der Waals surface area contributed by atoms with Crippen molar-refractivity contribution < 1.29 is 0 Å². The van der Waals surface area contributed by atoms with Crippen LogP contribution in [0.3, 0.4) is 0 Å². The van der Waals surface area contributed by atoms with Crippen LogP contribution in [0, 0.1) is 5.92 Å². The Hall–Kier alpha value is -1.67. The summed E-state index contributed by atoms with van der Waals surface area (Å²) in [5.74, 6) is 0.704. The maximum absolute atomic E-state index is 4.41. The van der Waals surface area contributed by atoms with Gasteiger partial charge >= 0.3 is 0 Å². The third-order valence-electron chi connectivity index (χ3n) is 3.76. The molecule has 2 heteroatoms. The Bertz CT molecular complexity index is 531. The van der Waals surface area contributed by atoms with E-state index in [1.807, 2.05) is 18.3 Å². The van der Waals surface area contributed by atoms with E-state index in [0.717, 1.165) is 12.1 Å². The van der Waals surface area contributed by atoms with E-state index in [-0.39, 0.29) is 6.04 Å². The van der Waals surface area contributed by atoms with E-state index < -0.39 is 0 Å². The normalized spacial score (nSPS) is 14.1. The third kappa shape index (κ3) is 4.68. The fourth-order valence-corrected chi connectivity index (χ4v) is 2.60. The van der Waals surface area contributed by atoms with E-state index in [4.69, 9.17) is 0 Å². The summed E-state index contributed by atoms with van der Waals surface area (Å²) < 4.78 is 0. The standard InChI is InChI=1S/C19H26N2/c1-14(2)13-17-8-10-18(11-9-17)15(3)21-16(4)19-7-5-6-12-20-19/h5-12,14-16,21H,13H2,1-4H3/t15?,16-/m1/s1. The summed E-state index contributed by atoms with van der Waals surface area (Å²) >= 11 is 0. The van der Waals surface area contributed by atoms with Gasteiger partial charge in [-0.15, -0.1) is 0 Å². The maximum atomic E-state index is 4.41. The third-order valence-corrected chi connectivity index (χ3v) is 3.76. The molecule has 1 aromatic carbocycles. The summed E-state index contributed by atoms with van der Waals surface area (Å²) in [5, 5.41) is 3.61. The Morgan fingerprint density at radius 2 is 1.62 bits per heavy atom. The summed E-state index contributed by atoms with van der Waals surface area (Å²) in [5.41, 5.74) is 3.82. The number of rotatable bonds is 6. The van der Waals surface area contributed by atoms with Crippen molar-refractivity contribution in [1.82, 2.24) is 10.3 Å². The van der Waals surface area contributed by atoms with Gasteiger partial charge in [0.05, 0.1) is 5.69 Å². The molecule has 2 aromatic rings. The molecule has 112 valence electrons. The predicted octanol–water partition coefficient (Wildman–Crippen LogP) is 4.69. The van der Waals surface area contributed by atoms with Gasteiger partial charge in [0, 0.05) is 18.3 Å². The van der Waals surface area contributed by atoms with Gasteiger partial charge in [-0.3, -0.25) is 4.98 Å². The molecule has 1 N–H and O–H groups in total. The van der Waals surface area contributed by atoms with E-state index in [2.05, 4.69) is 68.3 Å². The predicted molar refractivity (Wildman–Crippen MR) is 89.2 cm³/mol. The first kappa shape index (κ1) is 15.7. The number of aromatic nitrogens is 1. The van der Waals surface area contributed by atoms with Crippen LogP contribution in [0.25, 0.3) is 0 Å². The van der Waals surface area contributed by atoms with Crippen LogP contribution in [0.1, 0.15) is 56.6 Å². The number of nitrogens with zero attached hydrogens (tertiary/aromatic N) is 1. The lowest BCUT2D eigenvalue weighted by Gasteiger charge is -2.20. The molecular formula is C19H26N2. The highest BCUT2D eigenvalue weighted by atomic mass is 15.0. The molecule has 0 radical (unpaired) electrons. The molecule has 0 amide bonds. The molecule has 1 aromatic heterocycles. The summed E-state index contributed by atoms with van der Waals surface area (Å²) in [7, 11) is 0. The molecule has 0 aliphatic heterocycles. The number of pyridine rings is 1. The first-order valence-corrected chi connectivity index (χ1v) is 7.82. The maximum Gasteiger partial charge on any atom is 0.0570 e. The van der Waals surface area contributed by atoms with Crippen molar-refractivity contribution in [3.63, 3.8) is 0 Å². The molecule has 2 nitrogen and oxygen atoms in total. The van der Waals surface area contributed by atoms with E-state index in [1.54, 1.807) is 0 Å². The minimum absolute atomic E-state index is 0.247. The highest BCUT2D eigenvalue weighted by Crippen LogP contribution is 2.19. The van der Waals surface area contributed by atoms with Crippen molar-refractivity contribution in [1.29, 1.82) is 0 Å². The molecule has 2 rings (SSSR count). The second-order valence-corrected chi connectivity index (χ2v) is 6.20. The van der Waals surface area contributed by atoms with E-state index >= 15 is 0 Å². The number of benzene rings is 1. The second kappa shape index (κ2) is 7.37. The van der Waals surface area contributed by atoms with Gasteiger partial charge in [0.2, 0.25) is 0 Å². The zero-order chi connectivity index (χ0) is 15.2. The van der Waals surface area contributed by atoms with Crippen molar-refractivity contribution in [3.05, 3.63) is 65.5 Å². The summed E-state index contributed by atoms with van der Waals surface area (Å²) in [4.78, 5) is 4.41. The van der Waals surface area contributed by atoms with Gasteiger partial charge < -0.3 is 5.32 Å². The Balaban J connectivity index is 1.98. The molecule has 0 saturated heterocycles. The summed E-state index contributed by atoms with van der Waals surface area (Å²) in [6, 6.07) is 15.6. The van der Waals surface area contributed by atoms with Crippen molar-refractivity contribution >= 4 is 0 Å². The Labute approximate surface area is 128 Å². The Kier molecular flexibility index (Phi) is 5.51. The lowest BCUT2D eigenvalue weighted by atomic mass is 9.99. The van der Waals surface area contributed by atoms with Gasteiger partial charge in [0.1, 0.15) is 0 Å². The van der Waals surface area contributed by atoms with Crippen LogP contribution in [-0.4, -0.2) is 4.98 Å². The van der Waals surface area contributed by atoms with Gasteiger partial charge in [0.25, 0.3) is 0 Å². The molecule has 2 atom stereocenters. The molecule has 0 spiro atoms. The first-order chi connectivity index (χ1) is 10.1. The van der Waals surface area contributed by atoms with Crippen LogP contribution < -0.4 is 5.32 Å². The molecular weight excluding hydrogens is 256 g/mol. The minimum atomic E-state index is 0.247. The fourth-order valence-electron chi connectivity index (χ4n) is 2.60. The van der Waals surface area contributed by atoms with Crippen LogP contribution in [0.5, 0.6) is 0 Å². The number of nitrogens with one attached hydrogen (secondary N) is 1. The molecule has 0 aliphatic rings. The lowest BCUT2D eigenvalue weighted by Crippen LogP contribution is -2.23.